The molecule has 0 saturated carbocycles. The summed E-state index contributed by atoms with van der Waals surface area (Å²) in [6.45, 7) is 2.63. The van der Waals surface area contributed by atoms with Crippen LogP contribution < -0.4 is 5.32 Å². The van der Waals surface area contributed by atoms with E-state index >= 15 is 0 Å². The molecule has 0 spiro atoms. The smallest absolute Gasteiger partial charge is 0.166 e. The molecular weight excluding hydrogens is 297 g/mol. The average Bonchev–Trinajstić information content (AvgIpc) is 2.35. The van der Waals surface area contributed by atoms with E-state index in [0.717, 1.165) is 15.6 Å². The number of halogens is 2. The maximum atomic E-state index is 13.1. The summed E-state index contributed by atoms with van der Waals surface area (Å²) in [4.78, 5) is 0. The summed E-state index contributed by atoms with van der Waals surface area (Å²) in [5.41, 5.74) is 2.92. The second-order valence-corrected chi connectivity index (χ2v) is 4.96. The molecule has 0 amide bonds. The van der Waals surface area contributed by atoms with Crippen molar-refractivity contribution in [2.75, 3.05) is 5.32 Å². The van der Waals surface area contributed by atoms with Gasteiger partial charge in [0.2, 0.25) is 0 Å². The van der Waals surface area contributed by atoms with Gasteiger partial charge in [-0.2, -0.15) is 0 Å². The fourth-order valence-corrected chi connectivity index (χ4v) is 1.88. The van der Waals surface area contributed by atoms with Crippen LogP contribution in [0.25, 0.3) is 0 Å². The molecule has 0 radical (unpaired) electrons. The fourth-order valence-electron chi connectivity index (χ4n) is 1.64. The van der Waals surface area contributed by atoms with Gasteiger partial charge in [0, 0.05) is 22.8 Å². The van der Waals surface area contributed by atoms with E-state index in [0.29, 0.717) is 12.2 Å². The highest BCUT2D eigenvalue weighted by molar-refractivity contribution is 9.10. The van der Waals surface area contributed by atoms with Gasteiger partial charge in [-0.3, -0.25) is 0 Å². The molecule has 0 atom stereocenters. The Balaban J connectivity index is 2.06. The molecule has 2 aromatic rings. The summed E-state index contributed by atoms with van der Waals surface area (Å²) in [7, 11) is 0. The predicted octanol–water partition coefficient (Wildman–Crippen LogP) is 4.21. The molecule has 2 aromatic carbocycles. The van der Waals surface area contributed by atoms with Gasteiger partial charge in [0.05, 0.1) is 0 Å². The van der Waals surface area contributed by atoms with Gasteiger partial charge in [-0.1, -0.05) is 28.1 Å². The Kier molecular flexibility index (Phi) is 3.87. The van der Waals surface area contributed by atoms with Crippen molar-refractivity contribution < 1.29 is 9.50 Å². The molecule has 18 heavy (non-hydrogen) atoms. The second kappa shape index (κ2) is 5.40. The van der Waals surface area contributed by atoms with E-state index in [9.17, 15) is 4.39 Å². The van der Waals surface area contributed by atoms with E-state index in [1.165, 1.54) is 12.1 Å². The number of phenolic OH excluding ortho intramolecular Hbond substituents is 1. The van der Waals surface area contributed by atoms with E-state index < -0.39 is 5.82 Å². The first-order valence-electron chi connectivity index (χ1n) is 5.53. The van der Waals surface area contributed by atoms with Crippen LogP contribution in [0, 0.1) is 12.7 Å². The number of hydrogen-bond donors (Lipinski definition) is 2. The SMILES string of the molecule is Cc1cc(CNc2ccc(O)c(F)c2)ccc1Br. The third kappa shape index (κ3) is 3.01. The minimum absolute atomic E-state index is 0.333. The molecule has 0 aromatic heterocycles. The Morgan fingerprint density at radius 3 is 2.67 bits per heavy atom. The van der Waals surface area contributed by atoms with Gasteiger partial charge in [0.15, 0.2) is 11.6 Å². The molecule has 0 unspecified atom stereocenters. The van der Waals surface area contributed by atoms with Crippen molar-refractivity contribution in [1.82, 2.24) is 0 Å². The van der Waals surface area contributed by atoms with Gasteiger partial charge in [-0.15, -0.1) is 0 Å². The largest absolute Gasteiger partial charge is 0.505 e. The number of benzene rings is 2. The lowest BCUT2D eigenvalue weighted by atomic mass is 10.1. The number of rotatable bonds is 3. The van der Waals surface area contributed by atoms with E-state index in [2.05, 4.69) is 27.3 Å². The predicted molar refractivity (Wildman–Crippen MR) is 74.3 cm³/mol. The van der Waals surface area contributed by atoms with Crippen LogP contribution in [-0.4, -0.2) is 5.11 Å². The van der Waals surface area contributed by atoms with Crippen LogP contribution in [0.15, 0.2) is 40.9 Å². The molecule has 0 bridgehead atoms. The average molecular weight is 310 g/mol. The molecule has 0 saturated heterocycles. The van der Waals surface area contributed by atoms with Gasteiger partial charge in [-0.05, 0) is 36.2 Å². The minimum Gasteiger partial charge on any atom is -0.505 e. The summed E-state index contributed by atoms with van der Waals surface area (Å²) in [5, 5.41) is 12.2. The highest BCUT2D eigenvalue weighted by Gasteiger charge is 2.02. The van der Waals surface area contributed by atoms with Gasteiger partial charge >= 0.3 is 0 Å². The summed E-state index contributed by atoms with van der Waals surface area (Å²) in [5.74, 6) is -0.952. The van der Waals surface area contributed by atoms with Crippen LogP contribution in [0.2, 0.25) is 0 Å². The third-order valence-electron chi connectivity index (χ3n) is 2.67. The first-order valence-corrected chi connectivity index (χ1v) is 6.33. The molecule has 0 fully saturated rings. The minimum atomic E-state index is -0.619. The van der Waals surface area contributed by atoms with Crippen molar-refractivity contribution in [1.29, 1.82) is 0 Å². The number of aryl methyl sites for hydroxylation is 1. The van der Waals surface area contributed by atoms with Crippen LogP contribution in [0.4, 0.5) is 10.1 Å². The fraction of sp³-hybridized carbons (Fsp3) is 0.143. The van der Waals surface area contributed by atoms with Crippen LogP contribution in [-0.2, 0) is 6.54 Å². The van der Waals surface area contributed by atoms with Gasteiger partial charge in [0.25, 0.3) is 0 Å². The van der Waals surface area contributed by atoms with Gasteiger partial charge in [0.1, 0.15) is 0 Å². The van der Waals surface area contributed by atoms with Crippen LogP contribution >= 0.6 is 15.9 Å². The maximum absolute atomic E-state index is 13.1. The van der Waals surface area contributed by atoms with E-state index in [1.807, 2.05) is 19.1 Å². The number of anilines is 1. The molecule has 0 aliphatic rings. The second-order valence-electron chi connectivity index (χ2n) is 4.10. The summed E-state index contributed by atoms with van der Waals surface area (Å²) in [6.07, 6.45) is 0. The Bertz CT molecular complexity index is 520. The van der Waals surface area contributed by atoms with Crippen LogP contribution in [0.1, 0.15) is 11.1 Å². The molecule has 2 rings (SSSR count). The summed E-state index contributed by atoms with van der Waals surface area (Å²) < 4.78 is 14.2. The van der Waals surface area contributed by atoms with Crippen LogP contribution in [0.3, 0.4) is 0 Å². The summed E-state index contributed by atoms with van der Waals surface area (Å²) >= 11 is 3.45. The van der Waals surface area contributed by atoms with Crippen molar-refractivity contribution in [2.45, 2.75) is 13.5 Å². The zero-order valence-electron chi connectivity index (χ0n) is 9.87. The molecule has 0 aliphatic carbocycles. The topological polar surface area (TPSA) is 32.3 Å². The number of nitrogens with one attached hydrogen (secondary N) is 1. The van der Waals surface area contributed by atoms with Crippen molar-refractivity contribution in [3.8, 4) is 5.75 Å². The first-order chi connectivity index (χ1) is 8.56. The lowest BCUT2D eigenvalue weighted by molar-refractivity contribution is 0.432. The van der Waals surface area contributed by atoms with E-state index in [4.69, 9.17) is 5.11 Å². The van der Waals surface area contributed by atoms with E-state index in [-0.39, 0.29) is 5.75 Å². The molecule has 4 heteroatoms. The van der Waals surface area contributed by atoms with Crippen molar-refractivity contribution >= 4 is 21.6 Å². The lowest BCUT2D eigenvalue weighted by Gasteiger charge is -2.08. The molecule has 0 aliphatic heterocycles. The number of phenols is 1. The Labute approximate surface area is 114 Å². The van der Waals surface area contributed by atoms with Gasteiger partial charge < -0.3 is 10.4 Å². The number of aromatic hydroxyl groups is 1. The quantitative estimate of drug-likeness (QED) is 0.832. The number of hydrogen-bond acceptors (Lipinski definition) is 2. The van der Waals surface area contributed by atoms with Crippen molar-refractivity contribution in [2.24, 2.45) is 0 Å². The monoisotopic (exact) mass is 309 g/mol. The zero-order valence-corrected chi connectivity index (χ0v) is 11.5. The standard InChI is InChI=1S/C14H13BrFNO/c1-9-6-10(2-4-12(9)15)8-17-11-3-5-14(18)13(16)7-11/h2-7,17-18H,8H2,1H3. The summed E-state index contributed by atoms with van der Waals surface area (Å²) in [6, 6.07) is 10.3. The molecule has 2 nitrogen and oxygen atoms in total. The third-order valence-corrected chi connectivity index (χ3v) is 3.56. The Morgan fingerprint density at radius 1 is 1.22 bits per heavy atom. The van der Waals surface area contributed by atoms with Crippen molar-refractivity contribution in [3.05, 3.63) is 57.8 Å². The first kappa shape index (κ1) is 12.9. The molecular formula is C14H13BrFNO. The highest BCUT2D eigenvalue weighted by atomic mass is 79.9. The maximum Gasteiger partial charge on any atom is 0.166 e. The van der Waals surface area contributed by atoms with Crippen LogP contribution in [0.5, 0.6) is 5.75 Å². The Hall–Kier alpha value is -1.55. The molecule has 94 valence electrons. The normalized spacial score (nSPS) is 10.4. The highest BCUT2D eigenvalue weighted by Crippen LogP contribution is 2.21. The molecule has 2 N–H and O–H groups in total. The molecule has 0 heterocycles. The van der Waals surface area contributed by atoms with E-state index in [1.54, 1.807) is 6.07 Å². The van der Waals surface area contributed by atoms with Crippen molar-refractivity contribution in [3.63, 3.8) is 0 Å². The lowest BCUT2D eigenvalue weighted by Crippen LogP contribution is -2.00. The zero-order chi connectivity index (χ0) is 13.1. The Morgan fingerprint density at radius 2 is 2.00 bits per heavy atom. The van der Waals surface area contributed by atoms with Gasteiger partial charge in [-0.25, -0.2) is 4.39 Å².